The lowest BCUT2D eigenvalue weighted by Gasteiger charge is -2.04. The van der Waals surface area contributed by atoms with Gasteiger partial charge in [-0.15, -0.1) is 5.10 Å². The van der Waals surface area contributed by atoms with E-state index in [-0.39, 0.29) is 11.9 Å². The Hall–Kier alpha value is -3.74. The third kappa shape index (κ3) is 2.98. The van der Waals surface area contributed by atoms with E-state index in [1.54, 1.807) is 28.8 Å². The van der Waals surface area contributed by atoms with Crippen LogP contribution in [0.4, 0.5) is 11.6 Å². The number of nitrogens with two attached hydrogens (primary N) is 1. The van der Waals surface area contributed by atoms with Crippen LogP contribution in [0.1, 0.15) is 16.1 Å². The van der Waals surface area contributed by atoms with Crippen LogP contribution in [0.25, 0.3) is 17.0 Å². The van der Waals surface area contributed by atoms with Gasteiger partial charge in [0.25, 0.3) is 17.6 Å². The van der Waals surface area contributed by atoms with Crippen LogP contribution in [0.3, 0.4) is 0 Å². The highest BCUT2D eigenvalue weighted by Gasteiger charge is 2.14. The normalized spacial score (nSPS) is 10.8. The van der Waals surface area contributed by atoms with Crippen molar-refractivity contribution in [3.05, 3.63) is 71.9 Å². The zero-order valence-corrected chi connectivity index (χ0v) is 14.0. The number of aryl methyl sites for hydroxylation is 1. The van der Waals surface area contributed by atoms with Crippen molar-refractivity contribution < 1.29 is 4.79 Å². The van der Waals surface area contributed by atoms with E-state index >= 15 is 0 Å². The highest BCUT2D eigenvalue weighted by atomic mass is 16.1. The molecule has 4 aromatic rings. The van der Waals surface area contributed by atoms with Crippen molar-refractivity contribution >= 4 is 23.3 Å². The van der Waals surface area contributed by atoms with E-state index in [1.807, 2.05) is 43.3 Å². The lowest BCUT2D eigenvalue weighted by molar-refractivity contribution is 0.102. The van der Waals surface area contributed by atoms with E-state index in [9.17, 15) is 4.79 Å². The summed E-state index contributed by atoms with van der Waals surface area (Å²) in [5, 5.41) is 7.10. The molecule has 0 atom stereocenters. The van der Waals surface area contributed by atoms with Gasteiger partial charge >= 0.3 is 0 Å². The topological polar surface area (TPSA) is 98.2 Å². The summed E-state index contributed by atoms with van der Waals surface area (Å²) in [5.41, 5.74) is 9.39. The first-order chi connectivity index (χ1) is 12.6. The number of nitrogen functional groups attached to an aromatic ring is 1. The predicted octanol–water partition coefficient (Wildman–Crippen LogP) is 2.93. The highest BCUT2D eigenvalue weighted by molar-refractivity contribution is 6.03. The number of fused-ring (bicyclic) bond motifs is 1. The standard InChI is InChI=1S/C19H16N6O/c1-12-11-16(13-5-3-2-4-6-13)25-19(21-12)23-18(24-25)22-17(26)14-7-9-15(20)10-8-14/h2-11H,20H2,1H3,(H,22,24,26). The zero-order valence-electron chi connectivity index (χ0n) is 14.0. The summed E-state index contributed by atoms with van der Waals surface area (Å²) in [6.45, 7) is 1.90. The monoisotopic (exact) mass is 344 g/mol. The van der Waals surface area contributed by atoms with Gasteiger partial charge in [-0.05, 0) is 37.3 Å². The molecule has 3 N–H and O–H groups in total. The molecular formula is C19H16N6O. The highest BCUT2D eigenvalue weighted by Crippen LogP contribution is 2.21. The molecule has 0 bridgehead atoms. The van der Waals surface area contributed by atoms with Gasteiger partial charge < -0.3 is 5.73 Å². The van der Waals surface area contributed by atoms with Gasteiger partial charge in [-0.3, -0.25) is 10.1 Å². The maximum Gasteiger partial charge on any atom is 0.258 e. The van der Waals surface area contributed by atoms with Crippen LogP contribution in [-0.4, -0.2) is 25.5 Å². The zero-order chi connectivity index (χ0) is 18.1. The molecule has 0 aliphatic carbocycles. The first-order valence-corrected chi connectivity index (χ1v) is 8.07. The number of carbonyl (C=O) groups excluding carboxylic acids is 1. The molecular weight excluding hydrogens is 328 g/mol. The molecule has 0 radical (unpaired) electrons. The predicted molar refractivity (Wildman–Crippen MR) is 99.8 cm³/mol. The maximum absolute atomic E-state index is 12.4. The lowest BCUT2D eigenvalue weighted by Crippen LogP contribution is -2.13. The van der Waals surface area contributed by atoms with Crippen molar-refractivity contribution in [3.63, 3.8) is 0 Å². The van der Waals surface area contributed by atoms with Crippen molar-refractivity contribution in [1.29, 1.82) is 0 Å². The smallest absolute Gasteiger partial charge is 0.258 e. The van der Waals surface area contributed by atoms with Crippen molar-refractivity contribution in [2.24, 2.45) is 0 Å². The number of rotatable bonds is 3. The van der Waals surface area contributed by atoms with Gasteiger partial charge in [0.15, 0.2) is 0 Å². The quantitative estimate of drug-likeness (QED) is 0.557. The van der Waals surface area contributed by atoms with Gasteiger partial charge in [0, 0.05) is 22.5 Å². The average molecular weight is 344 g/mol. The van der Waals surface area contributed by atoms with E-state index in [2.05, 4.69) is 20.4 Å². The van der Waals surface area contributed by atoms with Gasteiger partial charge in [-0.2, -0.15) is 9.50 Å². The minimum Gasteiger partial charge on any atom is -0.399 e. The fourth-order valence-electron chi connectivity index (χ4n) is 2.66. The Morgan fingerprint density at radius 2 is 1.77 bits per heavy atom. The second-order valence-electron chi connectivity index (χ2n) is 5.87. The molecule has 2 aromatic carbocycles. The number of amides is 1. The molecule has 0 saturated carbocycles. The Balaban J connectivity index is 1.71. The van der Waals surface area contributed by atoms with Crippen LogP contribution in [0.15, 0.2) is 60.7 Å². The number of nitrogens with one attached hydrogen (secondary N) is 1. The number of anilines is 2. The number of hydrogen-bond donors (Lipinski definition) is 2. The molecule has 2 aromatic heterocycles. The fourth-order valence-corrected chi connectivity index (χ4v) is 2.66. The lowest BCUT2D eigenvalue weighted by atomic mass is 10.1. The third-order valence-corrected chi connectivity index (χ3v) is 3.91. The maximum atomic E-state index is 12.4. The Kier molecular flexibility index (Phi) is 3.81. The molecule has 0 aliphatic heterocycles. The molecule has 7 nitrogen and oxygen atoms in total. The van der Waals surface area contributed by atoms with Crippen molar-refractivity contribution in [2.45, 2.75) is 6.92 Å². The SMILES string of the molecule is Cc1cc(-c2ccccc2)n2nc(NC(=O)c3ccc(N)cc3)nc2n1. The largest absolute Gasteiger partial charge is 0.399 e. The number of benzene rings is 2. The van der Waals surface area contributed by atoms with Gasteiger partial charge in [0.05, 0.1) is 5.69 Å². The van der Waals surface area contributed by atoms with Gasteiger partial charge in [0.2, 0.25) is 0 Å². The van der Waals surface area contributed by atoms with Crippen LogP contribution in [0, 0.1) is 6.92 Å². The van der Waals surface area contributed by atoms with Gasteiger partial charge in [-0.1, -0.05) is 30.3 Å². The van der Waals surface area contributed by atoms with Crippen molar-refractivity contribution in [1.82, 2.24) is 19.6 Å². The van der Waals surface area contributed by atoms with Crippen LogP contribution in [0.5, 0.6) is 0 Å². The van der Waals surface area contributed by atoms with Crippen LogP contribution < -0.4 is 11.1 Å². The third-order valence-electron chi connectivity index (χ3n) is 3.91. The Labute approximate surface area is 149 Å². The second-order valence-corrected chi connectivity index (χ2v) is 5.87. The molecule has 0 saturated heterocycles. The summed E-state index contributed by atoms with van der Waals surface area (Å²) in [7, 11) is 0. The van der Waals surface area contributed by atoms with Crippen LogP contribution >= 0.6 is 0 Å². The fraction of sp³-hybridized carbons (Fsp3) is 0.0526. The summed E-state index contributed by atoms with van der Waals surface area (Å²) in [6.07, 6.45) is 0. The Morgan fingerprint density at radius 3 is 2.50 bits per heavy atom. The van der Waals surface area contributed by atoms with Crippen LogP contribution in [-0.2, 0) is 0 Å². The molecule has 0 spiro atoms. The number of aromatic nitrogens is 4. The summed E-state index contributed by atoms with van der Waals surface area (Å²) >= 11 is 0. The Morgan fingerprint density at radius 1 is 1.04 bits per heavy atom. The summed E-state index contributed by atoms with van der Waals surface area (Å²) in [5.74, 6) is 0.317. The summed E-state index contributed by atoms with van der Waals surface area (Å²) in [4.78, 5) is 21.1. The number of hydrogen-bond acceptors (Lipinski definition) is 5. The molecule has 4 rings (SSSR count). The first kappa shape index (κ1) is 15.8. The number of nitrogens with zero attached hydrogens (tertiary/aromatic N) is 4. The van der Waals surface area contributed by atoms with E-state index in [1.165, 1.54) is 0 Å². The molecule has 0 unspecified atom stereocenters. The summed E-state index contributed by atoms with van der Waals surface area (Å²) in [6, 6.07) is 18.4. The molecule has 1 amide bonds. The molecule has 128 valence electrons. The van der Waals surface area contributed by atoms with Crippen LogP contribution in [0.2, 0.25) is 0 Å². The minimum absolute atomic E-state index is 0.196. The van der Waals surface area contributed by atoms with Crippen molar-refractivity contribution in [2.75, 3.05) is 11.1 Å². The molecule has 0 fully saturated rings. The van der Waals surface area contributed by atoms with E-state index in [0.717, 1.165) is 17.0 Å². The molecule has 26 heavy (non-hydrogen) atoms. The van der Waals surface area contributed by atoms with Crippen molar-refractivity contribution in [3.8, 4) is 11.3 Å². The van der Waals surface area contributed by atoms with Gasteiger partial charge in [0.1, 0.15) is 0 Å². The van der Waals surface area contributed by atoms with Gasteiger partial charge in [-0.25, -0.2) is 4.98 Å². The summed E-state index contributed by atoms with van der Waals surface area (Å²) < 4.78 is 1.63. The number of carbonyl (C=O) groups is 1. The molecule has 0 aliphatic rings. The van der Waals surface area contributed by atoms with E-state index in [4.69, 9.17) is 5.73 Å². The second kappa shape index (κ2) is 6.29. The molecule has 2 heterocycles. The average Bonchev–Trinajstić information content (AvgIpc) is 3.04. The molecule has 7 heteroatoms. The Bertz CT molecular complexity index is 1090. The van der Waals surface area contributed by atoms with E-state index in [0.29, 0.717) is 17.0 Å². The minimum atomic E-state index is -0.307. The first-order valence-electron chi connectivity index (χ1n) is 8.07. The van der Waals surface area contributed by atoms with E-state index < -0.39 is 0 Å².